The molecule has 0 saturated carbocycles. The van der Waals surface area contributed by atoms with Gasteiger partial charge in [-0.2, -0.15) is 9.40 Å². The fourth-order valence-corrected chi connectivity index (χ4v) is 7.23. The second kappa shape index (κ2) is 6.97. The van der Waals surface area contributed by atoms with Crippen LogP contribution in [0.15, 0.2) is 47.6 Å². The zero-order valence-electron chi connectivity index (χ0n) is 16.3. The van der Waals surface area contributed by atoms with E-state index in [4.69, 9.17) is 0 Å². The zero-order chi connectivity index (χ0) is 19.3. The Labute approximate surface area is 167 Å². The Morgan fingerprint density at radius 1 is 1.07 bits per heavy atom. The first-order valence-corrected chi connectivity index (χ1v) is 11.8. The second-order valence-corrected chi connectivity index (χ2v) is 10.6. The van der Waals surface area contributed by atoms with Crippen molar-refractivity contribution in [3.8, 4) is 0 Å². The maximum absolute atomic E-state index is 13.1. The van der Waals surface area contributed by atoms with Gasteiger partial charge in [0.1, 0.15) is 4.90 Å². The molecule has 0 radical (unpaired) electrons. The lowest BCUT2D eigenvalue weighted by atomic mass is 9.74. The van der Waals surface area contributed by atoms with Crippen molar-refractivity contribution in [1.29, 1.82) is 0 Å². The quantitative estimate of drug-likeness (QED) is 0.795. The van der Waals surface area contributed by atoms with E-state index in [9.17, 15) is 8.42 Å². The van der Waals surface area contributed by atoms with E-state index < -0.39 is 10.0 Å². The van der Waals surface area contributed by atoms with Gasteiger partial charge in [0.15, 0.2) is 0 Å². The van der Waals surface area contributed by atoms with Crippen LogP contribution in [0.1, 0.15) is 37.3 Å². The average Bonchev–Trinajstić information content (AvgIpc) is 3.15. The molecule has 2 bridgehead atoms. The summed E-state index contributed by atoms with van der Waals surface area (Å²) in [5, 5.41) is 4.06. The third kappa shape index (κ3) is 3.09. The van der Waals surface area contributed by atoms with Crippen molar-refractivity contribution in [2.45, 2.75) is 42.7 Å². The summed E-state index contributed by atoms with van der Waals surface area (Å²) in [7, 11) is -1.70. The molecule has 5 rings (SSSR count). The summed E-state index contributed by atoms with van der Waals surface area (Å²) in [5.41, 5.74) is 1.41. The lowest BCUT2D eigenvalue weighted by Crippen LogP contribution is -2.60. The molecule has 3 saturated heterocycles. The first-order valence-electron chi connectivity index (χ1n) is 10.3. The van der Waals surface area contributed by atoms with E-state index >= 15 is 0 Å². The number of piperidine rings is 3. The smallest absolute Gasteiger partial charge is 0.246 e. The molecule has 0 N–H and O–H groups in total. The summed E-state index contributed by atoms with van der Waals surface area (Å²) in [6.45, 7) is 2.26. The standard InChI is InChI=1S/C21H28N4O2S/c1-23-15-19(11-22-23)28(26,27)24-12-16-10-18(14-24)21-9-5-8-20(25(21)13-16)17-6-3-2-4-7-17/h2-4,6-7,11,15-16,18,20-21H,5,8-10,12-14H2,1H3/t16-,18+,20+,21-/m0/s1. The highest BCUT2D eigenvalue weighted by molar-refractivity contribution is 7.89. The summed E-state index contributed by atoms with van der Waals surface area (Å²) in [6, 6.07) is 11.8. The number of rotatable bonds is 3. The van der Waals surface area contributed by atoms with Gasteiger partial charge in [0, 0.05) is 45.0 Å². The van der Waals surface area contributed by atoms with Gasteiger partial charge >= 0.3 is 0 Å². The van der Waals surface area contributed by atoms with Gasteiger partial charge in [-0.05, 0) is 43.1 Å². The van der Waals surface area contributed by atoms with Crippen LogP contribution in [-0.4, -0.2) is 53.1 Å². The Hall–Kier alpha value is -1.70. The Balaban J connectivity index is 1.40. The summed E-state index contributed by atoms with van der Waals surface area (Å²) in [4.78, 5) is 3.02. The van der Waals surface area contributed by atoms with Crippen LogP contribution in [0.4, 0.5) is 0 Å². The van der Waals surface area contributed by atoms with Crippen LogP contribution in [-0.2, 0) is 17.1 Å². The fourth-order valence-electron chi connectivity index (χ4n) is 5.67. The molecule has 3 aliphatic rings. The van der Waals surface area contributed by atoms with E-state index in [1.807, 2.05) is 0 Å². The monoisotopic (exact) mass is 400 g/mol. The maximum atomic E-state index is 13.1. The molecular formula is C21H28N4O2S. The van der Waals surface area contributed by atoms with E-state index in [2.05, 4.69) is 40.3 Å². The van der Waals surface area contributed by atoms with Crippen molar-refractivity contribution in [2.24, 2.45) is 18.9 Å². The van der Waals surface area contributed by atoms with E-state index in [1.165, 1.54) is 31.0 Å². The molecule has 7 heteroatoms. The van der Waals surface area contributed by atoms with E-state index in [-0.39, 0.29) is 0 Å². The van der Waals surface area contributed by atoms with Crippen molar-refractivity contribution >= 4 is 10.0 Å². The van der Waals surface area contributed by atoms with Crippen LogP contribution in [0.3, 0.4) is 0 Å². The first kappa shape index (κ1) is 18.3. The van der Waals surface area contributed by atoms with Crippen LogP contribution >= 0.6 is 0 Å². The Morgan fingerprint density at radius 3 is 2.64 bits per heavy atom. The van der Waals surface area contributed by atoms with Gasteiger partial charge in [0.05, 0.1) is 6.20 Å². The van der Waals surface area contributed by atoms with Crippen LogP contribution in [0, 0.1) is 11.8 Å². The van der Waals surface area contributed by atoms with Crippen molar-refractivity contribution in [1.82, 2.24) is 19.0 Å². The van der Waals surface area contributed by atoms with Gasteiger partial charge in [-0.15, -0.1) is 0 Å². The number of sulfonamides is 1. The number of aromatic nitrogens is 2. The molecule has 6 nitrogen and oxygen atoms in total. The van der Waals surface area contributed by atoms with Crippen LogP contribution in [0.5, 0.6) is 0 Å². The van der Waals surface area contributed by atoms with Gasteiger partial charge in [0.25, 0.3) is 0 Å². The molecule has 3 fully saturated rings. The number of benzene rings is 1. The molecule has 0 aliphatic carbocycles. The normalized spacial score (nSPS) is 31.5. The zero-order valence-corrected chi connectivity index (χ0v) is 17.1. The third-order valence-corrected chi connectivity index (χ3v) is 8.64. The van der Waals surface area contributed by atoms with Gasteiger partial charge < -0.3 is 0 Å². The number of fused-ring (bicyclic) bond motifs is 4. The highest BCUT2D eigenvalue weighted by atomic mass is 32.2. The molecule has 1 aromatic carbocycles. The number of hydrogen-bond donors (Lipinski definition) is 0. The topological polar surface area (TPSA) is 58.4 Å². The van der Waals surface area contributed by atoms with Crippen LogP contribution < -0.4 is 0 Å². The summed E-state index contributed by atoms with van der Waals surface area (Å²) in [6.07, 6.45) is 7.84. The molecule has 0 amide bonds. The minimum Gasteiger partial charge on any atom is -0.293 e. The van der Waals surface area contributed by atoms with Crippen LogP contribution in [0.25, 0.3) is 0 Å². The van der Waals surface area contributed by atoms with Crippen molar-refractivity contribution in [2.75, 3.05) is 19.6 Å². The highest BCUT2D eigenvalue weighted by Crippen LogP contribution is 2.45. The number of aryl methyl sites for hydroxylation is 1. The third-order valence-electron chi connectivity index (χ3n) is 6.86. The van der Waals surface area contributed by atoms with E-state index in [1.54, 1.807) is 22.2 Å². The molecule has 28 heavy (non-hydrogen) atoms. The predicted molar refractivity (Wildman–Crippen MR) is 107 cm³/mol. The Morgan fingerprint density at radius 2 is 1.89 bits per heavy atom. The lowest BCUT2D eigenvalue weighted by molar-refractivity contribution is -0.0416. The molecular weight excluding hydrogens is 372 g/mol. The largest absolute Gasteiger partial charge is 0.293 e. The molecule has 0 spiro atoms. The average molecular weight is 401 g/mol. The second-order valence-electron chi connectivity index (χ2n) is 8.66. The lowest BCUT2D eigenvalue weighted by Gasteiger charge is -2.55. The molecule has 4 atom stereocenters. The van der Waals surface area contributed by atoms with Gasteiger partial charge in [-0.1, -0.05) is 30.3 Å². The highest BCUT2D eigenvalue weighted by Gasteiger charge is 2.47. The molecule has 3 aliphatic heterocycles. The van der Waals surface area contributed by atoms with E-state index in [0.717, 1.165) is 13.0 Å². The molecule has 4 heterocycles. The minimum absolute atomic E-state index is 0.317. The number of nitrogens with zero attached hydrogens (tertiary/aromatic N) is 4. The number of hydrogen-bond acceptors (Lipinski definition) is 4. The summed E-state index contributed by atoms with van der Waals surface area (Å²) in [5.74, 6) is 0.830. The fraction of sp³-hybridized carbons (Fsp3) is 0.571. The van der Waals surface area contributed by atoms with Gasteiger partial charge in [-0.3, -0.25) is 9.58 Å². The van der Waals surface area contributed by atoms with Crippen LogP contribution in [0.2, 0.25) is 0 Å². The van der Waals surface area contributed by atoms with Crippen molar-refractivity contribution in [3.05, 3.63) is 48.3 Å². The van der Waals surface area contributed by atoms with Gasteiger partial charge in [0.2, 0.25) is 10.0 Å². The SMILES string of the molecule is Cn1cc(S(=O)(=O)N2C[C@@H]3C[C@H](C2)[C@@H]2CCC[C@H](c4ccccc4)N2C3)cn1. The first-order chi connectivity index (χ1) is 13.5. The predicted octanol–water partition coefficient (Wildman–Crippen LogP) is 2.66. The van der Waals surface area contributed by atoms with E-state index in [0.29, 0.717) is 41.9 Å². The molecule has 150 valence electrons. The summed E-state index contributed by atoms with van der Waals surface area (Å²) >= 11 is 0. The summed E-state index contributed by atoms with van der Waals surface area (Å²) < 4.78 is 29.6. The maximum Gasteiger partial charge on any atom is 0.246 e. The Kier molecular flexibility index (Phi) is 4.56. The molecule has 1 aromatic heterocycles. The molecule has 0 unspecified atom stereocenters. The van der Waals surface area contributed by atoms with Crippen molar-refractivity contribution in [3.63, 3.8) is 0 Å². The van der Waals surface area contributed by atoms with Crippen molar-refractivity contribution < 1.29 is 8.42 Å². The van der Waals surface area contributed by atoms with Gasteiger partial charge in [-0.25, -0.2) is 8.42 Å². The molecule has 2 aromatic rings. The minimum atomic E-state index is -3.46. The Bertz CT molecular complexity index is 942.